The van der Waals surface area contributed by atoms with Gasteiger partial charge in [0.15, 0.2) is 16.6 Å². The van der Waals surface area contributed by atoms with Crippen LogP contribution < -0.4 is 0 Å². The first-order valence-corrected chi connectivity index (χ1v) is 11.4. The molecule has 1 nitrogen and oxygen atoms in total. The van der Waals surface area contributed by atoms with Crippen molar-refractivity contribution < 1.29 is 4.12 Å². The van der Waals surface area contributed by atoms with E-state index in [1.54, 1.807) is 0 Å². The van der Waals surface area contributed by atoms with E-state index in [2.05, 4.69) is 27.7 Å². The molecule has 14 heavy (non-hydrogen) atoms. The maximum absolute atomic E-state index is 6.74. The van der Waals surface area contributed by atoms with Crippen LogP contribution >= 0.6 is 0 Å². The fraction of sp³-hybridized carbons (Fsp3) is 1.00. The van der Waals surface area contributed by atoms with Gasteiger partial charge in [0.2, 0.25) is 0 Å². The van der Waals surface area contributed by atoms with Gasteiger partial charge in [-0.1, -0.05) is 34.1 Å². The summed E-state index contributed by atoms with van der Waals surface area (Å²) < 4.78 is 6.74. The van der Waals surface area contributed by atoms with E-state index in [-0.39, 0.29) is 0 Å². The van der Waals surface area contributed by atoms with Gasteiger partial charge in [0.05, 0.1) is 0 Å². The highest BCUT2D eigenvalue weighted by Crippen LogP contribution is 2.39. The van der Waals surface area contributed by atoms with E-state index in [1.807, 2.05) is 0 Å². The fourth-order valence-electron chi connectivity index (χ4n) is 2.79. The molecule has 3 heteroatoms. The van der Waals surface area contributed by atoms with Crippen molar-refractivity contribution in [3.63, 3.8) is 0 Å². The van der Waals surface area contributed by atoms with Crippen molar-refractivity contribution in [1.82, 2.24) is 0 Å². The third-order valence-corrected chi connectivity index (χ3v) is 15.4. The van der Waals surface area contributed by atoms with E-state index in [0.717, 1.165) is 0 Å². The normalized spacial score (nSPS) is 24.9. The molecule has 0 aromatic rings. The monoisotopic (exact) mass is 230 g/mol. The quantitative estimate of drug-likeness (QED) is 0.651. The lowest BCUT2D eigenvalue weighted by molar-refractivity contribution is 0.480. The van der Waals surface area contributed by atoms with Crippen LogP contribution in [-0.4, -0.2) is 16.6 Å². The van der Waals surface area contributed by atoms with Gasteiger partial charge in [-0.3, -0.25) is 0 Å². The fourth-order valence-corrected chi connectivity index (χ4v) is 14.0. The van der Waals surface area contributed by atoms with E-state index in [9.17, 15) is 0 Å². The molecule has 1 rings (SSSR count). The molecule has 1 heterocycles. The number of hydrogen-bond donors (Lipinski definition) is 0. The summed E-state index contributed by atoms with van der Waals surface area (Å²) in [5.74, 6) is 0. The van der Waals surface area contributed by atoms with Gasteiger partial charge in [-0.05, 0) is 36.3 Å². The first-order valence-electron chi connectivity index (χ1n) is 6.36. The molecule has 0 aromatic heterocycles. The Morgan fingerprint density at radius 2 is 1.14 bits per heavy atom. The maximum Gasteiger partial charge on any atom is 0.179 e. The van der Waals surface area contributed by atoms with E-state index in [1.165, 1.54) is 42.7 Å². The lowest BCUT2D eigenvalue weighted by atomic mass is 10.6. The van der Waals surface area contributed by atoms with E-state index < -0.39 is 16.6 Å². The second-order valence-electron chi connectivity index (χ2n) is 4.74. The second kappa shape index (κ2) is 4.95. The molecule has 0 saturated carbocycles. The van der Waals surface area contributed by atoms with E-state index in [4.69, 9.17) is 4.12 Å². The third-order valence-electron chi connectivity index (χ3n) is 4.28. The zero-order valence-electron chi connectivity index (χ0n) is 10.4. The summed E-state index contributed by atoms with van der Waals surface area (Å²) in [4.78, 5) is 0. The molecule has 1 aliphatic rings. The molecule has 0 spiro atoms. The summed E-state index contributed by atoms with van der Waals surface area (Å²) in [7, 11) is -2.49. The van der Waals surface area contributed by atoms with Crippen LogP contribution in [0.4, 0.5) is 0 Å². The first-order chi connectivity index (χ1) is 6.66. The Balaban J connectivity index is 2.75. The lowest BCUT2D eigenvalue weighted by Gasteiger charge is -2.45. The van der Waals surface area contributed by atoms with Crippen molar-refractivity contribution in [2.24, 2.45) is 0 Å². The number of rotatable bonds is 4. The molecule has 0 aromatic carbocycles. The molecule has 1 saturated heterocycles. The highest BCUT2D eigenvalue weighted by atomic mass is 28.4. The average molecular weight is 230 g/mol. The maximum atomic E-state index is 6.74. The van der Waals surface area contributed by atoms with Crippen LogP contribution in [-0.2, 0) is 4.12 Å². The Morgan fingerprint density at radius 3 is 1.43 bits per heavy atom. The van der Waals surface area contributed by atoms with Gasteiger partial charge in [0, 0.05) is 0 Å². The van der Waals surface area contributed by atoms with Crippen LogP contribution in [0.25, 0.3) is 0 Å². The molecular weight excluding hydrogens is 204 g/mol. The average Bonchev–Trinajstić information content (AvgIpc) is 2.29. The summed E-state index contributed by atoms with van der Waals surface area (Å²) in [5, 5.41) is 0. The molecule has 84 valence electrons. The van der Waals surface area contributed by atoms with Crippen molar-refractivity contribution in [1.29, 1.82) is 0 Å². The van der Waals surface area contributed by atoms with Crippen LogP contribution in [0.3, 0.4) is 0 Å². The zero-order valence-corrected chi connectivity index (χ0v) is 12.4. The molecule has 1 fully saturated rings. The largest absolute Gasteiger partial charge is 0.455 e. The van der Waals surface area contributed by atoms with Crippen LogP contribution in [0.1, 0.15) is 34.1 Å². The van der Waals surface area contributed by atoms with Gasteiger partial charge in [0.25, 0.3) is 0 Å². The van der Waals surface area contributed by atoms with Gasteiger partial charge in [-0.25, -0.2) is 0 Å². The molecule has 0 bridgehead atoms. The van der Waals surface area contributed by atoms with Crippen molar-refractivity contribution >= 4 is 16.6 Å². The smallest absolute Gasteiger partial charge is 0.179 e. The predicted octanol–water partition coefficient (Wildman–Crippen LogP) is 4.38. The van der Waals surface area contributed by atoms with Crippen LogP contribution in [0.2, 0.25) is 36.3 Å². The van der Waals surface area contributed by atoms with Gasteiger partial charge in [-0.15, -0.1) is 0 Å². The standard InChI is InChI=1S/C11H26OSi2/c1-5-13(6-2)10-9-11-14(7-3,8-4)12-13/h5-11H2,1-4H3. The molecule has 0 N–H and O–H groups in total. The molecule has 0 radical (unpaired) electrons. The van der Waals surface area contributed by atoms with Crippen molar-refractivity contribution in [3.8, 4) is 0 Å². The first kappa shape index (κ1) is 12.5. The van der Waals surface area contributed by atoms with Gasteiger partial charge in [0.1, 0.15) is 0 Å². The second-order valence-corrected chi connectivity index (χ2v) is 14.1. The summed E-state index contributed by atoms with van der Waals surface area (Å²) in [6.07, 6.45) is 1.47. The van der Waals surface area contributed by atoms with Crippen LogP contribution in [0.5, 0.6) is 0 Å². The van der Waals surface area contributed by atoms with Crippen molar-refractivity contribution in [2.45, 2.75) is 70.4 Å². The molecule has 0 amide bonds. The van der Waals surface area contributed by atoms with Gasteiger partial charge in [-0.2, -0.15) is 0 Å². The highest BCUT2D eigenvalue weighted by Gasteiger charge is 2.44. The topological polar surface area (TPSA) is 9.23 Å². The Morgan fingerprint density at radius 1 is 0.786 bits per heavy atom. The summed E-state index contributed by atoms with van der Waals surface area (Å²) in [6, 6.07) is 8.26. The lowest BCUT2D eigenvalue weighted by Crippen LogP contribution is -2.53. The minimum atomic E-state index is -1.25. The number of hydrogen-bond acceptors (Lipinski definition) is 1. The van der Waals surface area contributed by atoms with Crippen molar-refractivity contribution in [2.75, 3.05) is 0 Å². The molecule has 0 unspecified atom stereocenters. The Bertz CT molecular complexity index is 156. The zero-order chi connectivity index (χ0) is 10.7. The van der Waals surface area contributed by atoms with E-state index in [0.29, 0.717) is 0 Å². The molecule has 0 atom stereocenters. The van der Waals surface area contributed by atoms with Crippen LogP contribution in [0.15, 0.2) is 0 Å². The molecular formula is C11H26OSi2. The van der Waals surface area contributed by atoms with Gasteiger partial charge < -0.3 is 4.12 Å². The van der Waals surface area contributed by atoms with Crippen LogP contribution in [0, 0.1) is 0 Å². The minimum absolute atomic E-state index is 1.25. The summed E-state index contributed by atoms with van der Waals surface area (Å²) >= 11 is 0. The van der Waals surface area contributed by atoms with E-state index >= 15 is 0 Å². The molecule has 0 aliphatic carbocycles. The van der Waals surface area contributed by atoms with Crippen molar-refractivity contribution in [3.05, 3.63) is 0 Å². The predicted molar refractivity (Wildman–Crippen MR) is 68.7 cm³/mol. The SMILES string of the molecule is CC[Si]1(CC)CCC[Si](CC)(CC)O1. The third kappa shape index (κ3) is 2.31. The Labute approximate surface area is 91.5 Å². The molecule has 1 aliphatic heterocycles. The minimum Gasteiger partial charge on any atom is -0.455 e. The Kier molecular flexibility index (Phi) is 4.40. The highest BCUT2D eigenvalue weighted by molar-refractivity contribution is 6.88. The summed E-state index contributed by atoms with van der Waals surface area (Å²) in [5.41, 5.74) is 0. The Hall–Kier alpha value is 0.394. The van der Waals surface area contributed by atoms with Gasteiger partial charge >= 0.3 is 0 Å². The summed E-state index contributed by atoms with van der Waals surface area (Å²) in [6.45, 7) is 9.41.